The first-order chi connectivity index (χ1) is 18.6. The lowest BCUT2D eigenvalue weighted by atomic mass is 10.0. The number of carbonyl (C=O) groups excluding carboxylic acids is 1. The van der Waals surface area contributed by atoms with Crippen molar-refractivity contribution in [2.45, 2.75) is 38.3 Å². The minimum Gasteiger partial charge on any atom is -0.445 e. The molecule has 0 saturated heterocycles. The molecule has 7 nitrogen and oxygen atoms in total. The Hall–Kier alpha value is -3.21. The van der Waals surface area contributed by atoms with Crippen LogP contribution < -0.4 is 9.62 Å². The molecule has 0 saturated carbocycles. The maximum absolute atomic E-state index is 15.0. The summed E-state index contributed by atoms with van der Waals surface area (Å²) in [5.74, 6) is -1.71. The Morgan fingerprint density at radius 1 is 1.03 bits per heavy atom. The van der Waals surface area contributed by atoms with E-state index in [2.05, 4.69) is 10.2 Å². The van der Waals surface area contributed by atoms with Crippen molar-refractivity contribution >= 4 is 33.4 Å². The van der Waals surface area contributed by atoms with Gasteiger partial charge in [-0.25, -0.2) is 22.0 Å². The van der Waals surface area contributed by atoms with E-state index in [0.717, 1.165) is 35.6 Å². The average molecular weight is 580 g/mol. The van der Waals surface area contributed by atoms with Crippen LogP contribution in [0.1, 0.15) is 37.9 Å². The number of ether oxygens (including phenoxy) is 1. The van der Waals surface area contributed by atoms with Crippen molar-refractivity contribution in [3.8, 4) is 0 Å². The largest absolute Gasteiger partial charge is 0.445 e. The zero-order valence-corrected chi connectivity index (χ0v) is 23.6. The Morgan fingerprint density at radius 3 is 2.36 bits per heavy atom. The number of rotatable bonds is 12. The van der Waals surface area contributed by atoms with Crippen LogP contribution in [0.25, 0.3) is 0 Å². The van der Waals surface area contributed by atoms with Gasteiger partial charge in [0.25, 0.3) is 10.0 Å². The molecular formula is C28H32ClF2N3O4S. The zero-order valence-electron chi connectivity index (χ0n) is 22.0. The summed E-state index contributed by atoms with van der Waals surface area (Å²) in [4.78, 5) is 14.3. The van der Waals surface area contributed by atoms with Crippen LogP contribution in [-0.4, -0.2) is 45.6 Å². The number of amides is 1. The number of alkyl carbamates (subject to hydrolysis) is 1. The van der Waals surface area contributed by atoms with Crippen LogP contribution in [0, 0.1) is 11.6 Å². The molecule has 0 radical (unpaired) electrons. The lowest BCUT2D eigenvalue weighted by molar-refractivity contribution is 0.137. The van der Waals surface area contributed by atoms with E-state index in [1.807, 2.05) is 13.8 Å². The maximum atomic E-state index is 15.0. The van der Waals surface area contributed by atoms with E-state index in [1.165, 1.54) is 24.3 Å². The van der Waals surface area contributed by atoms with Gasteiger partial charge in [-0.3, -0.25) is 4.31 Å². The summed E-state index contributed by atoms with van der Waals surface area (Å²) in [5.41, 5.74) is 0.508. The van der Waals surface area contributed by atoms with E-state index in [-0.39, 0.29) is 11.5 Å². The summed E-state index contributed by atoms with van der Waals surface area (Å²) in [5, 5.41) is 3.02. The first kappa shape index (κ1) is 30.3. The topological polar surface area (TPSA) is 79.0 Å². The van der Waals surface area contributed by atoms with E-state index >= 15 is 4.39 Å². The first-order valence-electron chi connectivity index (χ1n) is 12.5. The van der Waals surface area contributed by atoms with Crippen molar-refractivity contribution in [3.63, 3.8) is 0 Å². The monoisotopic (exact) mass is 579 g/mol. The summed E-state index contributed by atoms with van der Waals surface area (Å²) >= 11 is 5.94. The highest BCUT2D eigenvalue weighted by molar-refractivity contribution is 7.92. The Balaban J connectivity index is 1.92. The van der Waals surface area contributed by atoms with Gasteiger partial charge in [-0.05, 0) is 67.5 Å². The van der Waals surface area contributed by atoms with E-state index in [1.54, 1.807) is 31.2 Å². The second-order valence-corrected chi connectivity index (χ2v) is 11.0. The van der Waals surface area contributed by atoms with Gasteiger partial charge < -0.3 is 15.0 Å². The molecule has 0 unspecified atom stereocenters. The number of sulfonamides is 1. The van der Waals surface area contributed by atoms with Crippen molar-refractivity contribution in [2.75, 3.05) is 30.5 Å². The third-order valence-corrected chi connectivity index (χ3v) is 8.47. The van der Waals surface area contributed by atoms with Crippen molar-refractivity contribution in [1.82, 2.24) is 10.2 Å². The number of carbonyl (C=O) groups is 1. The molecule has 1 amide bonds. The van der Waals surface area contributed by atoms with Crippen molar-refractivity contribution in [1.29, 1.82) is 0 Å². The molecule has 39 heavy (non-hydrogen) atoms. The summed E-state index contributed by atoms with van der Waals surface area (Å²) < 4.78 is 63.1. The van der Waals surface area contributed by atoms with Crippen LogP contribution in [0.5, 0.6) is 0 Å². The van der Waals surface area contributed by atoms with Crippen molar-refractivity contribution < 1.29 is 26.7 Å². The van der Waals surface area contributed by atoms with Gasteiger partial charge in [-0.1, -0.05) is 49.7 Å². The predicted molar refractivity (Wildman–Crippen MR) is 148 cm³/mol. The second kappa shape index (κ2) is 13.7. The molecule has 0 bridgehead atoms. The van der Waals surface area contributed by atoms with Gasteiger partial charge >= 0.3 is 6.09 Å². The van der Waals surface area contributed by atoms with Crippen LogP contribution in [0.2, 0.25) is 5.02 Å². The number of nitrogens with one attached hydrogen (secondary N) is 1. The molecule has 0 aliphatic rings. The van der Waals surface area contributed by atoms with E-state index in [0.29, 0.717) is 29.2 Å². The second-order valence-electron chi connectivity index (χ2n) is 8.76. The quantitative estimate of drug-likeness (QED) is 0.279. The highest BCUT2D eigenvalue weighted by Crippen LogP contribution is 2.36. The lowest BCUT2D eigenvalue weighted by Gasteiger charge is -2.32. The highest BCUT2D eigenvalue weighted by Gasteiger charge is 2.33. The SMILES string of the molecule is CCN(CC)CCNC(=O)OCc1ccccc1[C@@H](C)N(c1cc(F)ccc1F)S(=O)(=O)c1ccc(Cl)cc1. The van der Waals surface area contributed by atoms with E-state index < -0.39 is 39.5 Å². The maximum Gasteiger partial charge on any atom is 0.407 e. The van der Waals surface area contributed by atoms with E-state index in [9.17, 15) is 17.6 Å². The fraction of sp³-hybridized carbons (Fsp3) is 0.321. The number of hydrogen-bond donors (Lipinski definition) is 1. The summed E-state index contributed by atoms with van der Waals surface area (Å²) in [7, 11) is -4.39. The molecule has 0 aliphatic heterocycles. The molecule has 0 aliphatic carbocycles. The zero-order chi connectivity index (χ0) is 28.6. The van der Waals surface area contributed by atoms with Gasteiger partial charge in [0.2, 0.25) is 0 Å². The molecule has 0 heterocycles. The van der Waals surface area contributed by atoms with E-state index in [4.69, 9.17) is 16.3 Å². The lowest BCUT2D eigenvalue weighted by Crippen LogP contribution is -2.35. The third kappa shape index (κ3) is 7.68. The van der Waals surface area contributed by atoms with Gasteiger partial charge in [0.15, 0.2) is 0 Å². The normalized spacial score (nSPS) is 12.3. The molecule has 0 fully saturated rings. The molecule has 3 aromatic rings. The van der Waals surface area contributed by atoms with Gasteiger partial charge in [0.05, 0.1) is 16.6 Å². The van der Waals surface area contributed by atoms with Gasteiger partial charge in [0, 0.05) is 24.2 Å². The minimum atomic E-state index is -4.39. The van der Waals surface area contributed by atoms with Gasteiger partial charge in [-0.15, -0.1) is 0 Å². The fourth-order valence-electron chi connectivity index (χ4n) is 4.17. The van der Waals surface area contributed by atoms with Crippen LogP contribution in [0.4, 0.5) is 19.3 Å². The predicted octanol–water partition coefficient (Wildman–Crippen LogP) is 6.14. The van der Waals surface area contributed by atoms with Crippen LogP contribution >= 0.6 is 11.6 Å². The Bertz CT molecular complexity index is 1370. The Kier molecular flexibility index (Phi) is 10.7. The van der Waals surface area contributed by atoms with Crippen molar-refractivity contribution in [3.05, 3.63) is 94.5 Å². The molecular weight excluding hydrogens is 548 g/mol. The van der Waals surface area contributed by atoms with Crippen LogP contribution in [0.3, 0.4) is 0 Å². The standard InChI is InChI=1S/C28H32ClF2N3O4S/c1-4-33(5-2)17-16-32-28(35)38-19-21-8-6-7-9-25(21)20(3)34(27-18-23(30)12-15-26(27)31)39(36,37)24-13-10-22(29)11-14-24/h6-15,18,20H,4-5,16-17,19H2,1-3H3,(H,32,35)/t20-/m1/s1. The Morgan fingerprint density at radius 2 is 1.69 bits per heavy atom. The summed E-state index contributed by atoms with van der Waals surface area (Å²) in [6, 6.07) is 13.8. The van der Waals surface area contributed by atoms with Gasteiger partial charge in [0.1, 0.15) is 18.2 Å². The van der Waals surface area contributed by atoms with Crippen LogP contribution in [-0.2, 0) is 21.4 Å². The molecule has 1 N–H and O–H groups in total. The summed E-state index contributed by atoms with van der Waals surface area (Å²) in [6.07, 6.45) is -0.619. The molecule has 0 aromatic heterocycles. The molecule has 1 atom stereocenters. The van der Waals surface area contributed by atoms with Crippen molar-refractivity contribution in [2.24, 2.45) is 0 Å². The molecule has 210 valence electrons. The third-order valence-electron chi connectivity index (χ3n) is 6.32. The molecule has 3 aromatic carbocycles. The van der Waals surface area contributed by atoms with Gasteiger partial charge in [-0.2, -0.15) is 0 Å². The summed E-state index contributed by atoms with van der Waals surface area (Å²) in [6.45, 7) is 8.27. The smallest absolute Gasteiger partial charge is 0.407 e. The number of benzene rings is 3. The molecule has 11 heteroatoms. The first-order valence-corrected chi connectivity index (χ1v) is 14.4. The number of anilines is 1. The molecule has 0 spiro atoms. The Labute approximate surface area is 233 Å². The number of nitrogens with zero attached hydrogens (tertiary/aromatic N) is 2. The number of hydrogen-bond acceptors (Lipinski definition) is 5. The average Bonchev–Trinajstić information content (AvgIpc) is 2.92. The van der Waals surface area contributed by atoms with Crippen LogP contribution in [0.15, 0.2) is 71.6 Å². The molecule has 3 rings (SSSR count). The fourth-order valence-corrected chi connectivity index (χ4v) is 5.93. The highest BCUT2D eigenvalue weighted by atomic mass is 35.5. The number of likely N-dealkylation sites (N-methyl/N-ethyl adjacent to an activating group) is 1. The minimum absolute atomic E-state index is 0.149. The number of halogens is 3.